The Kier molecular flexibility index (Phi) is 5.43. The summed E-state index contributed by atoms with van der Waals surface area (Å²) in [5, 5.41) is 11.7. The third-order valence-electron chi connectivity index (χ3n) is 4.22. The zero-order valence-corrected chi connectivity index (χ0v) is 15.3. The van der Waals surface area contributed by atoms with Gasteiger partial charge in [-0.25, -0.2) is 0 Å². The van der Waals surface area contributed by atoms with Gasteiger partial charge < -0.3 is 4.90 Å². The number of likely N-dealkylation sites (N-methyl/N-ethyl adjacent to an activating group) is 1. The normalized spacial score (nSPS) is 12.6. The number of carbonyl (C=O) groups is 1. The molecule has 1 unspecified atom stereocenters. The Hall–Kier alpha value is -3.23. The lowest BCUT2D eigenvalue weighted by molar-refractivity contribution is -0.137. The summed E-state index contributed by atoms with van der Waals surface area (Å²) < 4.78 is 38.6. The summed E-state index contributed by atoms with van der Waals surface area (Å²) in [6.45, 7) is 2.03. The maximum absolute atomic E-state index is 12.9. The lowest BCUT2D eigenvalue weighted by Crippen LogP contribution is -2.33. The van der Waals surface area contributed by atoms with Gasteiger partial charge in [0.25, 0.3) is 0 Å². The van der Waals surface area contributed by atoms with Gasteiger partial charge in [0.2, 0.25) is 11.7 Å². The summed E-state index contributed by atoms with van der Waals surface area (Å²) in [5.41, 5.74) is 0.355. The summed E-state index contributed by atoms with van der Waals surface area (Å²) >= 11 is 0. The molecule has 0 bridgehead atoms. The lowest BCUT2D eigenvalue weighted by Gasteiger charge is -2.20. The van der Waals surface area contributed by atoms with Gasteiger partial charge in [-0.05, 0) is 29.8 Å². The standard InChI is InChI=1S/C19H18F3N5O/c1-13(18(28)26(2)12-14-7-4-3-5-8-14)27-24-17(23-25-27)15-9-6-10-16(11-15)19(20,21)22/h3-11,13H,12H2,1-2H3. The predicted molar refractivity (Wildman–Crippen MR) is 95.9 cm³/mol. The maximum Gasteiger partial charge on any atom is 0.416 e. The first kappa shape index (κ1) is 19.5. The molecule has 0 aliphatic carbocycles. The minimum Gasteiger partial charge on any atom is -0.340 e. The second-order valence-corrected chi connectivity index (χ2v) is 6.37. The second kappa shape index (κ2) is 7.79. The third kappa shape index (κ3) is 4.36. The predicted octanol–water partition coefficient (Wildman–Crippen LogP) is 3.58. The van der Waals surface area contributed by atoms with E-state index in [0.29, 0.717) is 6.54 Å². The van der Waals surface area contributed by atoms with Gasteiger partial charge >= 0.3 is 6.18 Å². The van der Waals surface area contributed by atoms with Crippen molar-refractivity contribution in [1.29, 1.82) is 0 Å². The molecule has 0 radical (unpaired) electrons. The van der Waals surface area contributed by atoms with E-state index in [9.17, 15) is 18.0 Å². The number of rotatable bonds is 5. The molecule has 0 saturated heterocycles. The summed E-state index contributed by atoms with van der Waals surface area (Å²) in [6, 6.07) is 13.4. The fourth-order valence-electron chi connectivity index (χ4n) is 2.69. The van der Waals surface area contributed by atoms with E-state index < -0.39 is 17.8 Å². The Labute approximate surface area is 159 Å². The molecule has 0 fully saturated rings. The van der Waals surface area contributed by atoms with E-state index in [-0.39, 0.29) is 17.3 Å². The molecular formula is C19H18F3N5O. The molecule has 1 amide bonds. The summed E-state index contributed by atoms with van der Waals surface area (Å²) in [5.74, 6) is -0.215. The van der Waals surface area contributed by atoms with E-state index in [0.717, 1.165) is 22.5 Å². The van der Waals surface area contributed by atoms with Crippen molar-refractivity contribution in [3.05, 3.63) is 65.7 Å². The number of aromatic nitrogens is 4. The quantitative estimate of drug-likeness (QED) is 0.669. The van der Waals surface area contributed by atoms with Crippen molar-refractivity contribution in [1.82, 2.24) is 25.1 Å². The highest BCUT2D eigenvalue weighted by Gasteiger charge is 2.31. The number of tetrazole rings is 1. The van der Waals surface area contributed by atoms with E-state index in [1.54, 1.807) is 14.0 Å². The molecule has 28 heavy (non-hydrogen) atoms. The van der Waals surface area contributed by atoms with Gasteiger partial charge in [0.1, 0.15) is 6.04 Å². The SMILES string of the molecule is CC(C(=O)N(C)Cc1ccccc1)n1nnc(-c2cccc(C(F)(F)F)c2)n1. The molecule has 0 N–H and O–H groups in total. The van der Waals surface area contributed by atoms with E-state index in [1.807, 2.05) is 30.3 Å². The third-order valence-corrected chi connectivity index (χ3v) is 4.22. The first-order valence-electron chi connectivity index (χ1n) is 8.52. The average Bonchev–Trinajstić information content (AvgIpc) is 3.17. The topological polar surface area (TPSA) is 63.9 Å². The van der Waals surface area contributed by atoms with E-state index in [1.165, 1.54) is 17.0 Å². The van der Waals surface area contributed by atoms with Crippen LogP contribution < -0.4 is 0 Å². The van der Waals surface area contributed by atoms with Crippen LogP contribution in [0.25, 0.3) is 11.4 Å². The smallest absolute Gasteiger partial charge is 0.340 e. The van der Waals surface area contributed by atoms with Gasteiger partial charge in [-0.3, -0.25) is 4.79 Å². The number of amides is 1. The number of halogens is 3. The van der Waals surface area contributed by atoms with Crippen LogP contribution in [0.5, 0.6) is 0 Å². The van der Waals surface area contributed by atoms with Crippen LogP contribution in [0.3, 0.4) is 0 Å². The van der Waals surface area contributed by atoms with E-state index in [4.69, 9.17) is 0 Å². The number of benzene rings is 2. The highest BCUT2D eigenvalue weighted by atomic mass is 19.4. The minimum atomic E-state index is -4.46. The van der Waals surface area contributed by atoms with Gasteiger partial charge in [0.05, 0.1) is 5.56 Å². The fraction of sp³-hybridized carbons (Fsp3) is 0.263. The molecule has 2 aromatic carbocycles. The molecule has 9 heteroatoms. The maximum atomic E-state index is 12.9. The van der Waals surface area contributed by atoms with E-state index in [2.05, 4.69) is 15.4 Å². The van der Waals surface area contributed by atoms with Crippen molar-refractivity contribution in [2.45, 2.75) is 25.7 Å². The van der Waals surface area contributed by atoms with Crippen LogP contribution in [0.1, 0.15) is 24.1 Å². The van der Waals surface area contributed by atoms with Crippen molar-refractivity contribution in [2.24, 2.45) is 0 Å². The van der Waals surface area contributed by atoms with Crippen LogP contribution in [0.15, 0.2) is 54.6 Å². The number of alkyl halides is 3. The van der Waals surface area contributed by atoms with Gasteiger partial charge in [-0.2, -0.15) is 18.0 Å². The molecular weight excluding hydrogens is 371 g/mol. The van der Waals surface area contributed by atoms with Crippen molar-refractivity contribution in [3.8, 4) is 11.4 Å². The number of carbonyl (C=O) groups excluding carboxylic acids is 1. The number of hydrogen-bond donors (Lipinski definition) is 0. The first-order chi connectivity index (χ1) is 13.3. The highest BCUT2D eigenvalue weighted by Crippen LogP contribution is 2.31. The number of nitrogens with zero attached hydrogens (tertiary/aromatic N) is 5. The lowest BCUT2D eigenvalue weighted by atomic mass is 10.1. The largest absolute Gasteiger partial charge is 0.416 e. The summed E-state index contributed by atoms with van der Waals surface area (Å²) in [7, 11) is 1.66. The fourth-order valence-corrected chi connectivity index (χ4v) is 2.69. The summed E-state index contributed by atoms with van der Waals surface area (Å²) in [4.78, 5) is 15.3. The Morgan fingerprint density at radius 1 is 1.14 bits per heavy atom. The van der Waals surface area contributed by atoms with Gasteiger partial charge in [-0.1, -0.05) is 42.5 Å². The molecule has 3 rings (SSSR count). The molecule has 0 aliphatic heterocycles. The van der Waals surface area contributed by atoms with Crippen molar-refractivity contribution in [3.63, 3.8) is 0 Å². The Morgan fingerprint density at radius 2 is 1.86 bits per heavy atom. The molecule has 0 aliphatic rings. The van der Waals surface area contributed by atoms with Gasteiger partial charge in [0, 0.05) is 19.2 Å². The molecule has 1 aromatic heterocycles. The van der Waals surface area contributed by atoms with Gasteiger partial charge in [-0.15, -0.1) is 10.2 Å². The Bertz CT molecular complexity index is 955. The summed E-state index contributed by atoms with van der Waals surface area (Å²) in [6.07, 6.45) is -4.46. The van der Waals surface area contributed by atoms with Crippen LogP contribution >= 0.6 is 0 Å². The van der Waals surface area contributed by atoms with Crippen LogP contribution in [0.4, 0.5) is 13.2 Å². The van der Waals surface area contributed by atoms with Crippen LogP contribution in [-0.4, -0.2) is 38.1 Å². The van der Waals surface area contributed by atoms with Crippen LogP contribution in [-0.2, 0) is 17.5 Å². The molecule has 1 atom stereocenters. The van der Waals surface area contributed by atoms with Crippen molar-refractivity contribution < 1.29 is 18.0 Å². The van der Waals surface area contributed by atoms with Crippen LogP contribution in [0.2, 0.25) is 0 Å². The Balaban J connectivity index is 1.75. The zero-order chi connectivity index (χ0) is 20.3. The molecule has 0 saturated carbocycles. The van der Waals surface area contributed by atoms with Crippen molar-refractivity contribution >= 4 is 5.91 Å². The number of hydrogen-bond acceptors (Lipinski definition) is 4. The molecule has 146 valence electrons. The molecule has 1 heterocycles. The van der Waals surface area contributed by atoms with E-state index >= 15 is 0 Å². The monoisotopic (exact) mass is 389 g/mol. The average molecular weight is 389 g/mol. The minimum absolute atomic E-state index is 0.0245. The molecule has 3 aromatic rings. The van der Waals surface area contributed by atoms with Crippen LogP contribution in [0, 0.1) is 0 Å². The van der Waals surface area contributed by atoms with Gasteiger partial charge in [0.15, 0.2) is 0 Å². The Morgan fingerprint density at radius 3 is 2.54 bits per heavy atom. The molecule has 6 nitrogen and oxygen atoms in total. The zero-order valence-electron chi connectivity index (χ0n) is 15.3. The highest BCUT2D eigenvalue weighted by molar-refractivity contribution is 5.79. The van der Waals surface area contributed by atoms with Crippen molar-refractivity contribution in [2.75, 3.05) is 7.05 Å². The molecule has 0 spiro atoms. The first-order valence-corrected chi connectivity index (χ1v) is 8.52. The second-order valence-electron chi connectivity index (χ2n) is 6.37.